The fourth-order valence-electron chi connectivity index (χ4n) is 3.03. The summed E-state index contributed by atoms with van der Waals surface area (Å²) in [5, 5.41) is 15.7. The van der Waals surface area contributed by atoms with E-state index in [1.54, 1.807) is 31.4 Å². The molecule has 1 fully saturated rings. The lowest BCUT2D eigenvalue weighted by molar-refractivity contribution is -0.672. The normalized spacial score (nSPS) is 17.0. The number of Topliss-reactive ketones (excluding diaryl/α,β-unsaturated/α-hetero) is 1. The number of carbonyl (C=O) groups is 1. The molecular weight excluding hydrogens is 386 g/mol. The maximum atomic E-state index is 12.7. The Kier molecular flexibility index (Phi) is 6.33. The van der Waals surface area contributed by atoms with Gasteiger partial charge in [0.25, 0.3) is 0 Å². The Labute approximate surface area is 167 Å². The minimum absolute atomic E-state index is 0.0641. The van der Waals surface area contributed by atoms with Crippen molar-refractivity contribution in [1.82, 2.24) is 10.2 Å². The van der Waals surface area contributed by atoms with Gasteiger partial charge in [0, 0.05) is 24.7 Å². The summed E-state index contributed by atoms with van der Waals surface area (Å²) in [4.78, 5) is 14.8. The summed E-state index contributed by atoms with van der Waals surface area (Å²) in [6.07, 6.45) is 3.40. The van der Waals surface area contributed by atoms with Crippen LogP contribution in [0, 0.1) is 0 Å². The van der Waals surface area contributed by atoms with Crippen LogP contribution >= 0.6 is 24.0 Å². The van der Waals surface area contributed by atoms with Crippen LogP contribution in [-0.2, 0) is 0 Å². The van der Waals surface area contributed by atoms with Gasteiger partial charge in [-0.1, -0.05) is 24.0 Å². The Morgan fingerprint density at radius 2 is 2.19 bits per heavy atom. The van der Waals surface area contributed by atoms with Gasteiger partial charge in [-0.25, -0.2) is 0 Å². The molecule has 144 valence electrons. The maximum absolute atomic E-state index is 12.7. The van der Waals surface area contributed by atoms with Gasteiger partial charge in [-0.05, 0) is 43.0 Å². The zero-order chi connectivity index (χ0) is 19.4. The van der Waals surface area contributed by atoms with E-state index in [0.29, 0.717) is 21.8 Å². The number of hydrogen-bond acceptors (Lipinski definition) is 7. The van der Waals surface area contributed by atoms with Gasteiger partial charge in [-0.15, -0.1) is 0 Å². The van der Waals surface area contributed by atoms with Crippen LogP contribution in [0.1, 0.15) is 36.7 Å². The number of ketones is 1. The third kappa shape index (κ3) is 4.41. The predicted molar refractivity (Wildman–Crippen MR) is 103 cm³/mol. The zero-order valence-electron chi connectivity index (χ0n) is 15.2. The molecule has 9 heteroatoms. The number of carbonyl (C=O) groups excluding carboxylic acids is 1. The van der Waals surface area contributed by atoms with Gasteiger partial charge in [-0.2, -0.15) is 0 Å². The van der Waals surface area contributed by atoms with Crippen molar-refractivity contribution in [3.05, 3.63) is 30.0 Å². The number of nitrogens with zero attached hydrogens (tertiary/aromatic N) is 3. The largest absolute Gasteiger partial charge is 0.539 e. The number of piperidine rings is 1. The Morgan fingerprint density at radius 3 is 2.85 bits per heavy atom. The molecule has 0 N–H and O–H groups in total. The predicted octanol–water partition coefficient (Wildman–Crippen LogP) is 2.11. The highest BCUT2D eigenvalue weighted by Gasteiger charge is 2.29. The van der Waals surface area contributed by atoms with Crippen molar-refractivity contribution in [3.8, 4) is 17.4 Å². The van der Waals surface area contributed by atoms with Crippen LogP contribution in [0.5, 0.6) is 11.7 Å². The van der Waals surface area contributed by atoms with Gasteiger partial charge < -0.3 is 19.3 Å². The fraction of sp³-hybridized carbons (Fsp3) is 0.444. The van der Waals surface area contributed by atoms with Crippen LogP contribution in [0.25, 0.3) is 5.69 Å². The molecule has 0 bridgehead atoms. The van der Waals surface area contributed by atoms with Gasteiger partial charge in [0.15, 0.2) is 5.95 Å². The lowest BCUT2D eigenvalue weighted by Gasteiger charge is -2.34. The minimum Gasteiger partial charge on any atom is -0.539 e. The van der Waals surface area contributed by atoms with Crippen LogP contribution in [0.3, 0.4) is 0 Å². The van der Waals surface area contributed by atoms with E-state index in [2.05, 4.69) is 17.1 Å². The molecule has 7 nitrogen and oxygen atoms in total. The van der Waals surface area contributed by atoms with Crippen molar-refractivity contribution in [2.45, 2.75) is 32.2 Å². The topological polar surface area (TPSA) is 82.5 Å². The highest BCUT2D eigenvalue weighted by molar-refractivity contribution is 8.23. The van der Waals surface area contributed by atoms with E-state index in [4.69, 9.17) is 21.5 Å². The van der Waals surface area contributed by atoms with Crippen LogP contribution in [-0.4, -0.2) is 45.7 Å². The molecule has 1 aromatic carbocycles. The van der Waals surface area contributed by atoms with Crippen molar-refractivity contribution >= 4 is 34.1 Å². The van der Waals surface area contributed by atoms with Crippen LogP contribution in [0.2, 0.25) is 0 Å². The summed E-state index contributed by atoms with van der Waals surface area (Å²) in [5.41, 5.74) is 0.435. The molecule has 0 aliphatic carbocycles. The number of thiocarbonyl (C=S) groups is 1. The minimum atomic E-state index is -0.756. The van der Waals surface area contributed by atoms with E-state index in [-0.39, 0.29) is 17.2 Å². The number of likely N-dealkylation sites (tertiary alicyclic amines) is 1. The second-order valence-electron chi connectivity index (χ2n) is 6.33. The van der Waals surface area contributed by atoms with Crippen molar-refractivity contribution in [2.24, 2.45) is 0 Å². The van der Waals surface area contributed by atoms with Crippen molar-refractivity contribution < 1.29 is 23.8 Å². The number of rotatable bonds is 5. The van der Waals surface area contributed by atoms with Gasteiger partial charge in [-0.3, -0.25) is 4.79 Å². The number of methoxy groups -OCH3 is 1. The first-order valence-electron chi connectivity index (χ1n) is 8.71. The second kappa shape index (κ2) is 8.71. The summed E-state index contributed by atoms with van der Waals surface area (Å²) in [6.45, 7) is 3.05. The van der Waals surface area contributed by atoms with Gasteiger partial charge >= 0.3 is 5.69 Å². The molecular formula is C18H21N3O4S2. The molecule has 2 aromatic rings. The summed E-state index contributed by atoms with van der Waals surface area (Å²) < 4.78 is 11.7. The summed E-state index contributed by atoms with van der Waals surface area (Å²) in [5.74, 6) is -0.397. The van der Waals surface area contributed by atoms with Gasteiger partial charge in [0.2, 0.25) is 11.5 Å². The highest BCUT2D eigenvalue weighted by atomic mass is 32.2. The van der Waals surface area contributed by atoms with Gasteiger partial charge in [0.1, 0.15) is 10.1 Å². The lowest BCUT2D eigenvalue weighted by Crippen LogP contribution is -2.41. The van der Waals surface area contributed by atoms with E-state index in [9.17, 15) is 9.90 Å². The first-order chi connectivity index (χ1) is 13.0. The molecule has 1 aliphatic heterocycles. The monoisotopic (exact) mass is 407 g/mol. The third-order valence-corrected chi connectivity index (χ3v) is 6.03. The Hall–Kier alpha value is -2.13. The van der Waals surface area contributed by atoms with E-state index in [1.807, 2.05) is 0 Å². The summed E-state index contributed by atoms with van der Waals surface area (Å²) in [7, 11) is 1.56. The molecule has 0 saturated carbocycles. The van der Waals surface area contributed by atoms with Crippen LogP contribution in [0.4, 0.5) is 0 Å². The molecule has 0 amide bonds. The third-order valence-electron chi connectivity index (χ3n) is 4.56. The van der Waals surface area contributed by atoms with E-state index >= 15 is 0 Å². The summed E-state index contributed by atoms with van der Waals surface area (Å²) >= 11 is 6.76. The number of ether oxygens (including phenoxy) is 1. The van der Waals surface area contributed by atoms with Crippen LogP contribution < -0.4 is 14.5 Å². The average Bonchev–Trinajstić information content (AvgIpc) is 3.08. The number of hydrogen-bond donors (Lipinski definition) is 0. The Morgan fingerprint density at radius 1 is 1.44 bits per heavy atom. The molecule has 1 atom stereocenters. The molecule has 0 radical (unpaired) electrons. The molecule has 1 saturated heterocycles. The Balaban J connectivity index is 1.71. The molecule has 1 aromatic heterocycles. The van der Waals surface area contributed by atoms with Crippen molar-refractivity contribution in [3.63, 3.8) is 0 Å². The molecule has 1 unspecified atom stereocenters. The quantitative estimate of drug-likeness (QED) is 0.423. The summed E-state index contributed by atoms with van der Waals surface area (Å²) in [6, 6.07) is 7.22. The smallest absolute Gasteiger partial charge is 0.307 e. The van der Waals surface area contributed by atoms with Crippen LogP contribution in [0.15, 0.2) is 28.8 Å². The van der Waals surface area contributed by atoms with Crippen molar-refractivity contribution in [2.75, 3.05) is 19.4 Å². The standard InChI is InChI=1S/C18H21N3O4S2/c1-12-5-3-4-10-20(12)18(26)27-11-15(22)16-17(23)25-19-21(16)13-6-8-14(24-2)9-7-13/h6-9,12H,3-5,10-11H2,1-2H3. The lowest BCUT2D eigenvalue weighted by atomic mass is 10.1. The highest BCUT2D eigenvalue weighted by Crippen LogP contribution is 2.23. The Bertz CT molecular complexity index is 823. The molecule has 2 heterocycles. The van der Waals surface area contributed by atoms with E-state index in [1.165, 1.54) is 22.9 Å². The molecule has 1 aliphatic rings. The molecule has 27 heavy (non-hydrogen) atoms. The first-order valence-corrected chi connectivity index (χ1v) is 10.1. The van der Waals surface area contributed by atoms with Crippen molar-refractivity contribution in [1.29, 1.82) is 0 Å². The van der Waals surface area contributed by atoms with Gasteiger partial charge in [0.05, 0.1) is 18.1 Å². The SMILES string of the molecule is COc1ccc(-[n+]2noc([O-])c2C(=O)CSC(=S)N2CCCCC2C)cc1. The molecule has 3 rings (SSSR count). The van der Waals surface area contributed by atoms with E-state index in [0.717, 1.165) is 19.4 Å². The number of thioether (sulfide) groups is 1. The van der Waals surface area contributed by atoms with E-state index < -0.39 is 5.95 Å². The molecule has 0 spiro atoms. The zero-order valence-corrected chi connectivity index (χ0v) is 16.8. The number of aromatic nitrogens is 2. The fourth-order valence-corrected chi connectivity index (χ4v) is 4.30. The second-order valence-corrected chi connectivity index (χ2v) is 7.94. The first kappa shape index (κ1) is 19.6. The number of benzene rings is 1. The maximum Gasteiger partial charge on any atom is 0.307 e. The average molecular weight is 408 g/mol.